The van der Waals surface area contributed by atoms with E-state index >= 15 is 0 Å². The van der Waals surface area contributed by atoms with Crippen LogP contribution in [0.15, 0.2) is 40.8 Å². The maximum Gasteiger partial charge on any atom is 0.283 e. The topological polar surface area (TPSA) is 46.9 Å². The monoisotopic (exact) mass is 283 g/mol. The smallest absolute Gasteiger partial charge is 0.283 e. The molecule has 0 bridgehead atoms. The minimum Gasteiger partial charge on any atom is -0.382 e. The minimum atomic E-state index is -0.163. The molecule has 0 aliphatic heterocycles. The molecule has 0 aromatic carbocycles. The van der Waals surface area contributed by atoms with Gasteiger partial charge in [-0.15, -0.1) is 13.2 Å². The Hall–Kier alpha value is -1.36. The molecule has 1 heterocycles. The zero-order valence-electron chi connectivity index (χ0n) is 8.95. The average Bonchev–Trinajstić information content (AvgIpc) is 2.28. The molecule has 86 valence electrons. The van der Waals surface area contributed by atoms with E-state index in [2.05, 4.69) is 39.5 Å². The summed E-state index contributed by atoms with van der Waals surface area (Å²) in [5, 5.41) is 7.13. The van der Waals surface area contributed by atoms with Gasteiger partial charge in [-0.1, -0.05) is 12.2 Å². The molecule has 1 aromatic heterocycles. The third-order valence-corrected chi connectivity index (χ3v) is 2.72. The van der Waals surface area contributed by atoms with Crippen LogP contribution in [0.5, 0.6) is 0 Å². The molecule has 16 heavy (non-hydrogen) atoms. The largest absolute Gasteiger partial charge is 0.382 e. The Morgan fingerprint density at radius 2 is 2.25 bits per heavy atom. The van der Waals surface area contributed by atoms with Crippen molar-refractivity contribution in [3.63, 3.8) is 0 Å². The quantitative estimate of drug-likeness (QED) is 0.643. The van der Waals surface area contributed by atoms with Crippen LogP contribution in [0.4, 0.5) is 5.69 Å². The first-order valence-corrected chi connectivity index (χ1v) is 5.71. The third kappa shape index (κ3) is 3.06. The molecule has 4 nitrogen and oxygen atoms in total. The number of aromatic nitrogens is 2. The first-order chi connectivity index (χ1) is 7.70. The van der Waals surface area contributed by atoms with Gasteiger partial charge in [0.15, 0.2) is 0 Å². The van der Waals surface area contributed by atoms with E-state index in [9.17, 15) is 4.79 Å². The molecule has 0 saturated carbocycles. The molecule has 0 amide bonds. The van der Waals surface area contributed by atoms with Gasteiger partial charge in [0.25, 0.3) is 5.56 Å². The van der Waals surface area contributed by atoms with Crippen molar-refractivity contribution in [3.05, 3.63) is 46.3 Å². The summed E-state index contributed by atoms with van der Waals surface area (Å²) >= 11 is 3.26. The summed E-state index contributed by atoms with van der Waals surface area (Å²) in [6.45, 7) is 8.33. The Morgan fingerprint density at radius 3 is 2.88 bits per heavy atom. The van der Waals surface area contributed by atoms with E-state index in [0.29, 0.717) is 16.7 Å². The maximum absolute atomic E-state index is 11.8. The van der Waals surface area contributed by atoms with Gasteiger partial charge in [0, 0.05) is 6.54 Å². The summed E-state index contributed by atoms with van der Waals surface area (Å²) in [6, 6.07) is 0. The van der Waals surface area contributed by atoms with Gasteiger partial charge in [-0.3, -0.25) is 4.79 Å². The Balaban J connectivity index is 2.88. The number of allylic oxidation sites excluding steroid dienone is 1. The number of halogens is 1. The molecule has 1 aromatic rings. The molecule has 5 heteroatoms. The van der Waals surface area contributed by atoms with Crippen LogP contribution >= 0.6 is 15.9 Å². The van der Waals surface area contributed by atoms with Crippen LogP contribution in [0.3, 0.4) is 0 Å². The Labute approximate surface area is 103 Å². The standard InChI is InChI=1S/C11H14BrN3O/c1-3-5-6-13-9-8-14-15(7-4-2)11(16)10(9)12/h3-4,8,13H,1-2,5-7H2. The Kier molecular flexibility index (Phi) is 4.98. The summed E-state index contributed by atoms with van der Waals surface area (Å²) in [5.74, 6) is 0. The molecule has 0 aliphatic carbocycles. The van der Waals surface area contributed by atoms with Gasteiger partial charge < -0.3 is 5.32 Å². The fourth-order valence-corrected chi connectivity index (χ4v) is 1.60. The minimum absolute atomic E-state index is 0.163. The normalized spacial score (nSPS) is 9.81. The van der Waals surface area contributed by atoms with Gasteiger partial charge in [-0.25, -0.2) is 4.68 Å². The summed E-state index contributed by atoms with van der Waals surface area (Å²) in [4.78, 5) is 11.8. The van der Waals surface area contributed by atoms with Crippen LogP contribution in [-0.2, 0) is 6.54 Å². The van der Waals surface area contributed by atoms with Gasteiger partial charge in [0.05, 0.1) is 18.4 Å². The number of anilines is 1. The van der Waals surface area contributed by atoms with Crippen molar-refractivity contribution in [1.29, 1.82) is 0 Å². The molecule has 0 fully saturated rings. The Morgan fingerprint density at radius 1 is 1.50 bits per heavy atom. The summed E-state index contributed by atoms with van der Waals surface area (Å²) in [5.41, 5.74) is 0.538. The first-order valence-electron chi connectivity index (χ1n) is 4.92. The van der Waals surface area contributed by atoms with E-state index in [0.717, 1.165) is 13.0 Å². The van der Waals surface area contributed by atoms with Crippen molar-refractivity contribution in [2.75, 3.05) is 11.9 Å². The number of hydrogen-bond acceptors (Lipinski definition) is 3. The molecule has 0 radical (unpaired) electrons. The second kappa shape index (κ2) is 6.27. The molecular weight excluding hydrogens is 270 g/mol. The second-order valence-electron chi connectivity index (χ2n) is 3.15. The molecule has 0 atom stereocenters. The highest BCUT2D eigenvalue weighted by Crippen LogP contribution is 2.15. The molecule has 0 spiro atoms. The molecule has 1 N–H and O–H groups in total. The maximum atomic E-state index is 11.8. The highest BCUT2D eigenvalue weighted by atomic mass is 79.9. The highest BCUT2D eigenvalue weighted by molar-refractivity contribution is 9.10. The van der Waals surface area contributed by atoms with E-state index < -0.39 is 0 Å². The third-order valence-electron chi connectivity index (χ3n) is 1.95. The zero-order valence-corrected chi connectivity index (χ0v) is 10.5. The average molecular weight is 284 g/mol. The fraction of sp³-hybridized carbons (Fsp3) is 0.273. The summed E-state index contributed by atoms with van der Waals surface area (Å²) in [6.07, 6.45) is 5.90. The van der Waals surface area contributed by atoms with Crippen molar-refractivity contribution in [2.45, 2.75) is 13.0 Å². The van der Waals surface area contributed by atoms with Crippen LogP contribution in [0.25, 0.3) is 0 Å². The van der Waals surface area contributed by atoms with Crippen LogP contribution in [0.2, 0.25) is 0 Å². The van der Waals surface area contributed by atoms with Crippen molar-refractivity contribution in [3.8, 4) is 0 Å². The summed E-state index contributed by atoms with van der Waals surface area (Å²) < 4.78 is 1.84. The Bertz CT molecular complexity index is 439. The number of nitrogens with one attached hydrogen (secondary N) is 1. The summed E-state index contributed by atoms with van der Waals surface area (Å²) in [7, 11) is 0. The lowest BCUT2D eigenvalue weighted by Crippen LogP contribution is -2.24. The van der Waals surface area contributed by atoms with Gasteiger partial charge in [0.1, 0.15) is 4.47 Å². The van der Waals surface area contributed by atoms with Crippen molar-refractivity contribution < 1.29 is 0 Å². The van der Waals surface area contributed by atoms with Crippen molar-refractivity contribution in [2.24, 2.45) is 0 Å². The van der Waals surface area contributed by atoms with Crippen molar-refractivity contribution in [1.82, 2.24) is 9.78 Å². The van der Waals surface area contributed by atoms with Crippen LogP contribution in [-0.4, -0.2) is 16.3 Å². The zero-order chi connectivity index (χ0) is 12.0. The molecule has 0 aliphatic rings. The SMILES string of the molecule is C=CCCNc1cnn(CC=C)c(=O)c1Br. The molecular formula is C11H14BrN3O. The van der Waals surface area contributed by atoms with E-state index in [1.807, 2.05) is 6.08 Å². The lowest BCUT2D eigenvalue weighted by atomic mass is 10.4. The van der Waals surface area contributed by atoms with E-state index in [1.165, 1.54) is 4.68 Å². The van der Waals surface area contributed by atoms with Gasteiger partial charge in [-0.2, -0.15) is 5.10 Å². The number of rotatable bonds is 6. The van der Waals surface area contributed by atoms with Gasteiger partial charge >= 0.3 is 0 Å². The van der Waals surface area contributed by atoms with Crippen LogP contribution in [0.1, 0.15) is 6.42 Å². The van der Waals surface area contributed by atoms with Crippen molar-refractivity contribution >= 4 is 21.6 Å². The van der Waals surface area contributed by atoms with Crippen LogP contribution in [0, 0.1) is 0 Å². The van der Waals surface area contributed by atoms with Crippen LogP contribution < -0.4 is 10.9 Å². The van der Waals surface area contributed by atoms with E-state index in [1.54, 1.807) is 12.3 Å². The highest BCUT2D eigenvalue weighted by Gasteiger charge is 2.06. The van der Waals surface area contributed by atoms with E-state index in [-0.39, 0.29) is 5.56 Å². The predicted molar refractivity (Wildman–Crippen MR) is 69.7 cm³/mol. The lowest BCUT2D eigenvalue weighted by molar-refractivity contribution is 0.649. The molecule has 0 saturated heterocycles. The molecule has 1 rings (SSSR count). The lowest BCUT2D eigenvalue weighted by Gasteiger charge is -2.08. The number of hydrogen-bond donors (Lipinski definition) is 1. The number of nitrogens with zero attached hydrogens (tertiary/aromatic N) is 2. The fourth-order valence-electron chi connectivity index (χ4n) is 1.15. The first kappa shape index (κ1) is 12.7. The van der Waals surface area contributed by atoms with E-state index in [4.69, 9.17) is 0 Å². The van der Waals surface area contributed by atoms with Gasteiger partial charge in [-0.05, 0) is 22.4 Å². The predicted octanol–water partition coefficient (Wildman–Crippen LogP) is 2.18. The second-order valence-corrected chi connectivity index (χ2v) is 3.95. The van der Waals surface area contributed by atoms with Gasteiger partial charge in [0.2, 0.25) is 0 Å². The molecule has 0 unspecified atom stereocenters.